The third-order valence-corrected chi connectivity index (χ3v) is 7.28. The number of aromatic nitrogens is 1. The molecule has 0 aliphatic carbocycles. The van der Waals surface area contributed by atoms with E-state index < -0.39 is 12.0 Å². The molecule has 1 atom stereocenters. The van der Waals surface area contributed by atoms with Crippen molar-refractivity contribution in [2.24, 2.45) is 10.9 Å². The average molecular weight is 537 g/mol. The van der Waals surface area contributed by atoms with Crippen LogP contribution in [0.3, 0.4) is 0 Å². The fourth-order valence-electron chi connectivity index (χ4n) is 4.24. The van der Waals surface area contributed by atoms with Crippen LogP contribution >= 0.6 is 11.3 Å². The molecule has 2 aromatic carbocycles. The first-order chi connectivity index (χ1) is 18.3. The van der Waals surface area contributed by atoms with E-state index in [0.29, 0.717) is 50.4 Å². The molecule has 1 aliphatic heterocycles. The lowest BCUT2D eigenvalue weighted by Gasteiger charge is -2.24. The lowest BCUT2D eigenvalue weighted by molar-refractivity contribution is -0.136. The summed E-state index contributed by atoms with van der Waals surface area (Å²) in [5.41, 5.74) is 2.11. The van der Waals surface area contributed by atoms with Crippen LogP contribution in [0.5, 0.6) is 17.2 Å². The molecule has 1 aliphatic rings. The Balaban J connectivity index is 1.80. The van der Waals surface area contributed by atoms with E-state index in [2.05, 4.69) is 18.8 Å². The molecule has 0 saturated carbocycles. The Hall–Kier alpha value is -3.85. The summed E-state index contributed by atoms with van der Waals surface area (Å²) in [6, 6.07) is 12.2. The molecular weight excluding hydrogens is 504 g/mol. The summed E-state index contributed by atoms with van der Waals surface area (Å²) in [5.74, 6) is 1.93. The van der Waals surface area contributed by atoms with Crippen LogP contribution in [-0.4, -0.2) is 38.5 Å². The summed E-state index contributed by atoms with van der Waals surface area (Å²) in [4.78, 5) is 31.7. The summed E-state index contributed by atoms with van der Waals surface area (Å²) >= 11 is 1.27. The first-order valence-electron chi connectivity index (χ1n) is 12.3. The van der Waals surface area contributed by atoms with E-state index in [4.69, 9.17) is 18.9 Å². The smallest absolute Gasteiger partial charge is 0.338 e. The number of nitrogens with zero attached hydrogens (tertiary/aromatic N) is 2. The zero-order valence-electron chi connectivity index (χ0n) is 22.4. The van der Waals surface area contributed by atoms with Crippen molar-refractivity contribution in [2.45, 2.75) is 33.2 Å². The molecule has 200 valence electrons. The molecule has 0 radical (unpaired) electrons. The van der Waals surface area contributed by atoms with Crippen LogP contribution in [0.15, 0.2) is 63.5 Å². The van der Waals surface area contributed by atoms with E-state index in [1.807, 2.05) is 30.3 Å². The van der Waals surface area contributed by atoms with Gasteiger partial charge in [0.25, 0.3) is 5.56 Å². The number of allylic oxidation sites excluding steroid dienone is 1. The Morgan fingerprint density at radius 3 is 2.45 bits per heavy atom. The molecule has 2 heterocycles. The average Bonchev–Trinajstić information content (AvgIpc) is 3.21. The minimum atomic E-state index is -0.682. The molecule has 0 saturated heterocycles. The zero-order chi connectivity index (χ0) is 27.4. The number of rotatable bonds is 9. The van der Waals surface area contributed by atoms with Crippen molar-refractivity contribution in [3.63, 3.8) is 0 Å². The van der Waals surface area contributed by atoms with Gasteiger partial charge in [-0.25, -0.2) is 9.79 Å². The number of thiazole rings is 1. The highest BCUT2D eigenvalue weighted by molar-refractivity contribution is 7.07. The van der Waals surface area contributed by atoms with Gasteiger partial charge < -0.3 is 18.9 Å². The minimum Gasteiger partial charge on any atom is -0.497 e. The topological polar surface area (TPSA) is 88.4 Å². The summed E-state index contributed by atoms with van der Waals surface area (Å²) in [7, 11) is 4.50. The summed E-state index contributed by atoms with van der Waals surface area (Å²) in [6.45, 7) is 6.64. The highest BCUT2D eigenvalue weighted by Crippen LogP contribution is 2.32. The van der Waals surface area contributed by atoms with Crippen molar-refractivity contribution in [1.82, 2.24) is 4.57 Å². The number of ether oxygens (including phenoxy) is 4. The predicted molar refractivity (Wildman–Crippen MR) is 147 cm³/mol. The molecule has 0 bridgehead atoms. The van der Waals surface area contributed by atoms with Crippen molar-refractivity contribution in [3.05, 3.63) is 84.5 Å². The van der Waals surface area contributed by atoms with Crippen LogP contribution in [0, 0.1) is 5.92 Å². The Labute approximate surface area is 225 Å². The Bertz CT molecular complexity index is 1530. The lowest BCUT2D eigenvalue weighted by Crippen LogP contribution is -2.39. The molecule has 0 unspecified atom stereocenters. The molecule has 0 amide bonds. The zero-order valence-corrected chi connectivity index (χ0v) is 23.3. The predicted octanol–water partition coefficient (Wildman–Crippen LogP) is 3.85. The number of fused-ring (bicyclic) bond motifs is 1. The number of carbonyl (C=O) groups is 1. The maximum Gasteiger partial charge on any atom is 0.338 e. The largest absolute Gasteiger partial charge is 0.497 e. The highest BCUT2D eigenvalue weighted by Gasteiger charge is 2.33. The van der Waals surface area contributed by atoms with Gasteiger partial charge in [-0.1, -0.05) is 43.4 Å². The van der Waals surface area contributed by atoms with E-state index in [-0.39, 0.29) is 5.56 Å². The van der Waals surface area contributed by atoms with Gasteiger partial charge in [0.1, 0.15) is 5.75 Å². The van der Waals surface area contributed by atoms with Gasteiger partial charge >= 0.3 is 5.97 Å². The number of carbonyl (C=O) groups excluding carboxylic acids is 1. The molecule has 0 spiro atoms. The SMILES string of the molecule is COC(=O)C1=C(C)N=c2s/c(=C/c3ccc(OCCC(C)C)c(OC)c3)c(=O)n2[C@@H]1c1ccc(OC)cc1. The molecule has 3 aromatic rings. The van der Waals surface area contributed by atoms with Gasteiger partial charge in [-0.3, -0.25) is 9.36 Å². The maximum absolute atomic E-state index is 13.7. The van der Waals surface area contributed by atoms with Crippen LogP contribution < -0.4 is 29.1 Å². The minimum absolute atomic E-state index is 0.250. The van der Waals surface area contributed by atoms with E-state index in [1.165, 1.54) is 18.4 Å². The van der Waals surface area contributed by atoms with Gasteiger partial charge in [0.15, 0.2) is 16.3 Å². The monoisotopic (exact) mass is 536 g/mol. The quantitative estimate of drug-likeness (QED) is 0.386. The Kier molecular flexibility index (Phi) is 8.36. The van der Waals surface area contributed by atoms with Gasteiger partial charge in [-0.2, -0.15) is 0 Å². The molecule has 38 heavy (non-hydrogen) atoms. The number of benzene rings is 2. The van der Waals surface area contributed by atoms with Crippen molar-refractivity contribution >= 4 is 23.4 Å². The van der Waals surface area contributed by atoms with Gasteiger partial charge in [-0.05, 0) is 60.7 Å². The van der Waals surface area contributed by atoms with Crippen molar-refractivity contribution in [3.8, 4) is 17.2 Å². The van der Waals surface area contributed by atoms with Gasteiger partial charge in [0, 0.05) is 0 Å². The Morgan fingerprint density at radius 1 is 1.08 bits per heavy atom. The third kappa shape index (κ3) is 5.52. The van der Waals surface area contributed by atoms with E-state index in [0.717, 1.165) is 17.5 Å². The Morgan fingerprint density at radius 2 is 1.82 bits per heavy atom. The number of hydrogen-bond donors (Lipinski definition) is 0. The maximum atomic E-state index is 13.7. The molecular formula is C29H32N2O6S. The molecule has 9 heteroatoms. The van der Waals surface area contributed by atoms with Crippen LogP contribution in [0.4, 0.5) is 0 Å². The second-order valence-corrected chi connectivity index (χ2v) is 10.3. The van der Waals surface area contributed by atoms with Crippen molar-refractivity contribution in [2.75, 3.05) is 27.9 Å². The standard InChI is InChI=1S/C29H32N2O6S/c1-17(2)13-14-37-22-12-7-19(15-23(22)35-5)16-24-27(32)31-26(20-8-10-21(34-4)11-9-20)25(28(33)36-6)18(3)30-29(31)38-24/h7-12,15-17,26H,13-14H2,1-6H3/b24-16+/t26-/m1/s1. The number of hydrogen-bond acceptors (Lipinski definition) is 8. The first-order valence-corrected chi connectivity index (χ1v) is 13.1. The fraction of sp³-hybridized carbons (Fsp3) is 0.345. The number of esters is 1. The van der Waals surface area contributed by atoms with E-state index >= 15 is 0 Å². The van der Waals surface area contributed by atoms with Crippen molar-refractivity contribution < 1.29 is 23.7 Å². The van der Waals surface area contributed by atoms with Gasteiger partial charge in [0.2, 0.25) is 0 Å². The third-order valence-electron chi connectivity index (χ3n) is 6.30. The molecule has 1 aromatic heterocycles. The fourth-order valence-corrected chi connectivity index (χ4v) is 5.29. The van der Waals surface area contributed by atoms with E-state index in [1.54, 1.807) is 43.9 Å². The van der Waals surface area contributed by atoms with Gasteiger partial charge in [0.05, 0.1) is 49.8 Å². The van der Waals surface area contributed by atoms with E-state index in [9.17, 15) is 9.59 Å². The molecule has 0 fully saturated rings. The normalized spacial score (nSPS) is 15.2. The molecule has 0 N–H and O–H groups in total. The van der Waals surface area contributed by atoms with Crippen molar-refractivity contribution in [1.29, 1.82) is 0 Å². The molecule has 8 nitrogen and oxygen atoms in total. The second kappa shape index (κ2) is 11.7. The van der Waals surface area contributed by atoms with Gasteiger partial charge in [-0.15, -0.1) is 0 Å². The summed E-state index contributed by atoms with van der Waals surface area (Å²) in [6.07, 6.45) is 2.74. The summed E-state index contributed by atoms with van der Waals surface area (Å²) < 4.78 is 23.8. The van der Waals surface area contributed by atoms with Crippen LogP contribution in [0.2, 0.25) is 0 Å². The lowest BCUT2D eigenvalue weighted by atomic mass is 9.96. The van der Waals surface area contributed by atoms with Crippen LogP contribution in [0.25, 0.3) is 6.08 Å². The van der Waals surface area contributed by atoms with Crippen LogP contribution in [-0.2, 0) is 9.53 Å². The van der Waals surface area contributed by atoms with Crippen LogP contribution in [0.1, 0.15) is 44.4 Å². The highest BCUT2D eigenvalue weighted by atomic mass is 32.1. The summed E-state index contributed by atoms with van der Waals surface area (Å²) in [5, 5.41) is 0. The first kappa shape index (κ1) is 27.2. The number of methoxy groups -OCH3 is 3. The second-order valence-electron chi connectivity index (χ2n) is 9.29. The molecule has 4 rings (SSSR count).